The van der Waals surface area contributed by atoms with Crippen LogP contribution in [0.4, 0.5) is 0 Å². The van der Waals surface area contributed by atoms with Gasteiger partial charge in [-0.3, -0.25) is 9.59 Å². The van der Waals surface area contributed by atoms with Crippen molar-refractivity contribution in [1.29, 1.82) is 0 Å². The standard InChI is InChI=1S/C18H25NO3S/c1-12-7-9-16(23-14-5-3-4-6-14)15(11-12)18(22)19-13(2)8-10-17(20)21/h7,9,11,13-14H,3-6,8,10H2,1-2H3,(H,19,22)(H,20,21). The summed E-state index contributed by atoms with van der Waals surface area (Å²) in [4.78, 5) is 24.2. The molecule has 1 amide bonds. The highest BCUT2D eigenvalue weighted by Gasteiger charge is 2.20. The van der Waals surface area contributed by atoms with Gasteiger partial charge in [-0.15, -0.1) is 11.8 Å². The van der Waals surface area contributed by atoms with Crippen LogP contribution >= 0.6 is 11.8 Å². The number of benzene rings is 1. The lowest BCUT2D eigenvalue weighted by atomic mass is 10.1. The molecule has 1 aromatic carbocycles. The molecular formula is C18H25NO3S. The van der Waals surface area contributed by atoms with E-state index >= 15 is 0 Å². The van der Waals surface area contributed by atoms with Crippen LogP contribution in [0, 0.1) is 6.92 Å². The Morgan fingerprint density at radius 3 is 2.70 bits per heavy atom. The fourth-order valence-electron chi connectivity index (χ4n) is 2.82. The topological polar surface area (TPSA) is 66.4 Å². The van der Waals surface area contributed by atoms with Gasteiger partial charge in [0.15, 0.2) is 0 Å². The number of nitrogens with one attached hydrogen (secondary N) is 1. The SMILES string of the molecule is Cc1ccc(SC2CCCC2)c(C(=O)NC(C)CCC(=O)O)c1. The van der Waals surface area contributed by atoms with Gasteiger partial charge >= 0.3 is 5.97 Å². The molecule has 1 aromatic rings. The van der Waals surface area contributed by atoms with Crippen molar-refractivity contribution in [3.63, 3.8) is 0 Å². The smallest absolute Gasteiger partial charge is 0.303 e. The van der Waals surface area contributed by atoms with Crippen molar-refractivity contribution < 1.29 is 14.7 Å². The van der Waals surface area contributed by atoms with E-state index in [4.69, 9.17) is 5.11 Å². The first-order valence-electron chi connectivity index (χ1n) is 8.25. The molecule has 1 atom stereocenters. The molecule has 1 fully saturated rings. The summed E-state index contributed by atoms with van der Waals surface area (Å²) in [6, 6.07) is 5.86. The highest BCUT2D eigenvalue weighted by atomic mass is 32.2. The molecule has 1 aliphatic rings. The number of carboxylic acids is 1. The Labute approximate surface area is 142 Å². The third-order valence-corrected chi connectivity index (χ3v) is 5.56. The number of carbonyl (C=O) groups is 2. The zero-order valence-electron chi connectivity index (χ0n) is 13.8. The maximum atomic E-state index is 12.6. The number of aryl methyl sites for hydroxylation is 1. The number of amides is 1. The molecule has 0 saturated heterocycles. The molecular weight excluding hydrogens is 310 g/mol. The minimum absolute atomic E-state index is 0.0684. The molecule has 1 aliphatic carbocycles. The van der Waals surface area contributed by atoms with Crippen LogP contribution in [0.5, 0.6) is 0 Å². The summed E-state index contributed by atoms with van der Waals surface area (Å²) >= 11 is 1.81. The second kappa shape index (κ2) is 8.39. The van der Waals surface area contributed by atoms with Crippen LogP contribution in [0.1, 0.15) is 61.4 Å². The largest absolute Gasteiger partial charge is 0.481 e. The third kappa shape index (κ3) is 5.57. The molecule has 0 radical (unpaired) electrons. The Morgan fingerprint density at radius 1 is 1.35 bits per heavy atom. The number of hydrogen-bond acceptors (Lipinski definition) is 3. The molecule has 0 aromatic heterocycles. The van der Waals surface area contributed by atoms with Crippen molar-refractivity contribution in [2.45, 2.75) is 68.6 Å². The second-order valence-corrected chi connectivity index (χ2v) is 7.67. The first-order chi connectivity index (χ1) is 11.0. The minimum Gasteiger partial charge on any atom is -0.481 e. The summed E-state index contributed by atoms with van der Waals surface area (Å²) < 4.78 is 0. The Kier molecular flexibility index (Phi) is 6.51. The van der Waals surface area contributed by atoms with Gasteiger partial charge in [0.1, 0.15) is 0 Å². The van der Waals surface area contributed by atoms with Crippen molar-refractivity contribution in [2.75, 3.05) is 0 Å². The average Bonchev–Trinajstić information content (AvgIpc) is 3.00. The summed E-state index contributed by atoms with van der Waals surface area (Å²) in [5.74, 6) is -0.939. The van der Waals surface area contributed by atoms with E-state index in [1.807, 2.05) is 32.0 Å². The molecule has 2 N–H and O–H groups in total. The Bertz CT molecular complexity index is 567. The van der Waals surface area contributed by atoms with E-state index in [0.717, 1.165) is 10.5 Å². The van der Waals surface area contributed by atoms with Gasteiger partial charge < -0.3 is 10.4 Å². The summed E-state index contributed by atoms with van der Waals surface area (Å²) in [6.45, 7) is 3.83. The van der Waals surface area contributed by atoms with Gasteiger partial charge in [-0.2, -0.15) is 0 Å². The van der Waals surface area contributed by atoms with Gasteiger partial charge in [-0.1, -0.05) is 24.5 Å². The van der Waals surface area contributed by atoms with Gasteiger partial charge in [0, 0.05) is 22.6 Å². The van der Waals surface area contributed by atoms with Crippen molar-refractivity contribution in [1.82, 2.24) is 5.32 Å². The lowest BCUT2D eigenvalue weighted by Crippen LogP contribution is -2.33. The van der Waals surface area contributed by atoms with E-state index < -0.39 is 5.97 Å². The van der Waals surface area contributed by atoms with Gasteiger partial charge in [0.05, 0.1) is 5.56 Å². The highest BCUT2D eigenvalue weighted by molar-refractivity contribution is 8.00. The van der Waals surface area contributed by atoms with E-state index in [0.29, 0.717) is 17.2 Å². The molecule has 0 bridgehead atoms. The molecule has 0 aliphatic heterocycles. The molecule has 0 heterocycles. The van der Waals surface area contributed by atoms with Crippen LogP contribution in [-0.2, 0) is 4.79 Å². The lowest BCUT2D eigenvalue weighted by molar-refractivity contribution is -0.137. The average molecular weight is 335 g/mol. The van der Waals surface area contributed by atoms with E-state index in [-0.39, 0.29) is 18.4 Å². The Hall–Kier alpha value is -1.49. The molecule has 126 valence electrons. The molecule has 23 heavy (non-hydrogen) atoms. The van der Waals surface area contributed by atoms with E-state index in [2.05, 4.69) is 5.32 Å². The maximum absolute atomic E-state index is 12.6. The fourth-order valence-corrected chi connectivity index (χ4v) is 4.18. The van der Waals surface area contributed by atoms with E-state index in [1.54, 1.807) is 11.8 Å². The first kappa shape index (κ1) is 17.9. The molecule has 5 heteroatoms. The first-order valence-corrected chi connectivity index (χ1v) is 9.13. The summed E-state index contributed by atoms with van der Waals surface area (Å²) in [6.07, 6.45) is 5.49. The predicted octanol–water partition coefficient (Wildman–Crippen LogP) is 4.01. The van der Waals surface area contributed by atoms with Crippen molar-refractivity contribution in [3.05, 3.63) is 29.3 Å². The van der Waals surface area contributed by atoms with Crippen molar-refractivity contribution in [2.24, 2.45) is 0 Å². The van der Waals surface area contributed by atoms with Crippen LogP contribution in [0.3, 0.4) is 0 Å². The number of thioether (sulfide) groups is 1. The van der Waals surface area contributed by atoms with Crippen LogP contribution < -0.4 is 5.32 Å². The quantitative estimate of drug-likeness (QED) is 0.790. The minimum atomic E-state index is -0.834. The maximum Gasteiger partial charge on any atom is 0.303 e. The summed E-state index contributed by atoms with van der Waals surface area (Å²) in [5, 5.41) is 12.3. The van der Waals surface area contributed by atoms with Gasteiger partial charge in [-0.25, -0.2) is 0 Å². The fraction of sp³-hybridized carbons (Fsp3) is 0.556. The number of carboxylic acid groups (broad SMARTS) is 1. The zero-order chi connectivity index (χ0) is 16.8. The van der Waals surface area contributed by atoms with E-state index in [1.165, 1.54) is 25.7 Å². The van der Waals surface area contributed by atoms with E-state index in [9.17, 15) is 9.59 Å². The molecule has 4 nitrogen and oxygen atoms in total. The lowest BCUT2D eigenvalue weighted by Gasteiger charge is -2.17. The number of aliphatic carboxylic acids is 1. The second-order valence-electron chi connectivity index (χ2n) is 6.33. The van der Waals surface area contributed by atoms with Crippen LogP contribution in [0.15, 0.2) is 23.1 Å². The van der Waals surface area contributed by atoms with Crippen LogP contribution in [0.2, 0.25) is 0 Å². The Morgan fingerprint density at radius 2 is 2.04 bits per heavy atom. The number of hydrogen-bond donors (Lipinski definition) is 2. The number of rotatable bonds is 7. The van der Waals surface area contributed by atoms with Gasteiger partial charge in [-0.05, 0) is 45.2 Å². The Balaban J connectivity index is 2.05. The molecule has 0 spiro atoms. The van der Waals surface area contributed by atoms with Crippen LogP contribution in [0.25, 0.3) is 0 Å². The van der Waals surface area contributed by atoms with Gasteiger partial charge in [0.2, 0.25) is 0 Å². The van der Waals surface area contributed by atoms with Crippen molar-refractivity contribution in [3.8, 4) is 0 Å². The molecule has 1 saturated carbocycles. The summed E-state index contributed by atoms with van der Waals surface area (Å²) in [7, 11) is 0. The monoisotopic (exact) mass is 335 g/mol. The normalized spacial score (nSPS) is 16.3. The predicted molar refractivity (Wildman–Crippen MR) is 93.1 cm³/mol. The zero-order valence-corrected chi connectivity index (χ0v) is 14.6. The summed E-state index contributed by atoms with van der Waals surface area (Å²) in [5.41, 5.74) is 1.77. The van der Waals surface area contributed by atoms with Gasteiger partial charge in [0.25, 0.3) is 5.91 Å². The van der Waals surface area contributed by atoms with Crippen LogP contribution in [-0.4, -0.2) is 28.3 Å². The third-order valence-electron chi connectivity index (χ3n) is 4.14. The highest BCUT2D eigenvalue weighted by Crippen LogP contribution is 2.36. The molecule has 2 rings (SSSR count). The van der Waals surface area contributed by atoms with Crippen molar-refractivity contribution >= 4 is 23.6 Å². The molecule has 1 unspecified atom stereocenters. The number of carbonyl (C=O) groups excluding carboxylic acids is 1.